The number of anilines is 1. The summed E-state index contributed by atoms with van der Waals surface area (Å²) in [6, 6.07) is 8.71. The third-order valence-electron chi connectivity index (χ3n) is 9.32. The summed E-state index contributed by atoms with van der Waals surface area (Å²) in [5.74, 6) is 0.959. The molecule has 4 aliphatic rings. The molecule has 6 nitrogen and oxygen atoms in total. The number of rotatable bonds is 2. The number of hydrogen-bond acceptors (Lipinski definition) is 4. The van der Waals surface area contributed by atoms with Crippen LogP contribution in [0.3, 0.4) is 0 Å². The first-order valence-corrected chi connectivity index (χ1v) is 11.9. The molecule has 3 aliphatic carbocycles. The first-order chi connectivity index (χ1) is 15.3. The second-order valence-electron chi connectivity index (χ2n) is 10.7. The van der Waals surface area contributed by atoms with Gasteiger partial charge in [-0.25, -0.2) is 9.69 Å². The average molecular weight is 437 g/mol. The number of para-hydroxylation sites is 1. The maximum Gasteiger partial charge on any atom is 0.418 e. The number of allylic oxidation sites excluding steroid dienone is 2. The molecule has 3 fully saturated rings. The summed E-state index contributed by atoms with van der Waals surface area (Å²) in [5, 5.41) is 13.5. The number of fused-ring (bicyclic) bond motifs is 5. The Morgan fingerprint density at radius 3 is 2.53 bits per heavy atom. The van der Waals surface area contributed by atoms with Gasteiger partial charge in [0.15, 0.2) is 5.78 Å². The molecule has 2 N–H and O–H groups in total. The summed E-state index contributed by atoms with van der Waals surface area (Å²) in [7, 11) is 0. The second-order valence-corrected chi connectivity index (χ2v) is 10.7. The highest BCUT2D eigenvalue weighted by Gasteiger charge is 2.61. The molecule has 2 amide bonds. The number of nitrogens with zero attached hydrogens (tertiary/aromatic N) is 1. The number of carboxylic acid groups (broad SMARTS) is 1. The van der Waals surface area contributed by atoms with Gasteiger partial charge in [0.1, 0.15) is 0 Å². The van der Waals surface area contributed by atoms with Crippen LogP contribution in [0.25, 0.3) is 0 Å². The van der Waals surface area contributed by atoms with Crippen LogP contribution in [0.4, 0.5) is 10.5 Å². The highest BCUT2D eigenvalue weighted by molar-refractivity contribution is 6.12. The standard InChI is InChI=1S/C26H32N2O4/c1-25-13-11-20-18(15-27-22-14-17(29)10-12-26(20,22)2)19(25)8-9-21(25)23(30)28(24(31)32)16-6-4-3-5-7-16/h3-7,14,18-21,27H,8-13,15H2,1-2H3,(H,31,32)/t18-,19-,20+,21?,25-,26+/m0/s1. The number of benzene rings is 1. The van der Waals surface area contributed by atoms with E-state index < -0.39 is 6.09 Å². The van der Waals surface area contributed by atoms with Gasteiger partial charge in [-0.2, -0.15) is 0 Å². The Morgan fingerprint density at radius 1 is 1.06 bits per heavy atom. The zero-order valence-corrected chi connectivity index (χ0v) is 18.8. The zero-order chi connectivity index (χ0) is 22.7. The van der Waals surface area contributed by atoms with E-state index >= 15 is 0 Å². The molecule has 2 saturated carbocycles. The number of nitrogens with one attached hydrogen (secondary N) is 1. The topological polar surface area (TPSA) is 86.7 Å². The minimum absolute atomic E-state index is 0.00259. The predicted octanol–water partition coefficient (Wildman–Crippen LogP) is 4.61. The Labute approximate surface area is 189 Å². The smallest absolute Gasteiger partial charge is 0.418 e. The van der Waals surface area contributed by atoms with Crippen LogP contribution < -0.4 is 10.2 Å². The third-order valence-corrected chi connectivity index (χ3v) is 9.32. The van der Waals surface area contributed by atoms with Crippen LogP contribution in [0, 0.1) is 34.5 Å². The van der Waals surface area contributed by atoms with Gasteiger partial charge in [0.25, 0.3) is 0 Å². The molecule has 1 aromatic carbocycles. The molecule has 5 rings (SSSR count). The fraction of sp³-hybridized carbons (Fsp3) is 0.577. The van der Waals surface area contributed by atoms with Crippen LogP contribution >= 0.6 is 0 Å². The molecule has 1 saturated heterocycles. The van der Waals surface area contributed by atoms with Crippen LogP contribution in [-0.2, 0) is 9.59 Å². The Hall–Kier alpha value is -2.63. The van der Waals surface area contributed by atoms with Gasteiger partial charge in [0, 0.05) is 36.1 Å². The predicted molar refractivity (Wildman–Crippen MR) is 121 cm³/mol. The van der Waals surface area contributed by atoms with E-state index in [2.05, 4.69) is 19.2 Å². The van der Waals surface area contributed by atoms with Gasteiger partial charge in [0.05, 0.1) is 5.69 Å². The van der Waals surface area contributed by atoms with E-state index in [1.807, 2.05) is 12.1 Å². The van der Waals surface area contributed by atoms with Crippen molar-refractivity contribution in [1.82, 2.24) is 5.32 Å². The molecular formula is C26H32N2O4. The highest BCUT2D eigenvalue weighted by Crippen LogP contribution is 2.64. The third kappa shape index (κ3) is 3.02. The summed E-state index contributed by atoms with van der Waals surface area (Å²) in [6.45, 7) is 5.35. The molecule has 6 heteroatoms. The van der Waals surface area contributed by atoms with E-state index in [1.54, 1.807) is 24.3 Å². The maximum absolute atomic E-state index is 13.6. The lowest BCUT2D eigenvalue weighted by molar-refractivity contribution is -0.129. The molecular weight excluding hydrogens is 404 g/mol. The largest absolute Gasteiger partial charge is 0.464 e. The fourth-order valence-electron chi connectivity index (χ4n) is 7.62. The molecule has 0 aromatic heterocycles. The summed E-state index contributed by atoms with van der Waals surface area (Å²) >= 11 is 0. The summed E-state index contributed by atoms with van der Waals surface area (Å²) in [4.78, 5) is 38.7. The lowest BCUT2D eigenvalue weighted by Crippen LogP contribution is -2.57. The van der Waals surface area contributed by atoms with Crippen LogP contribution in [0.5, 0.6) is 0 Å². The van der Waals surface area contributed by atoms with Gasteiger partial charge < -0.3 is 10.4 Å². The van der Waals surface area contributed by atoms with Crippen molar-refractivity contribution in [3.05, 3.63) is 42.1 Å². The van der Waals surface area contributed by atoms with Crippen LogP contribution in [0.2, 0.25) is 0 Å². The Balaban J connectivity index is 1.43. The minimum Gasteiger partial charge on any atom is -0.464 e. The van der Waals surface area contributed by atoms with Crippen molar-refractivity contribution >= 4 is 23.5 Å². The van der Waals surface area contributed by atoms with Crippen LogP contribution in [0.15, 0.2) is 42.1 Å². The monoisotopic (exact) mass is 436 g/mol. The number of carbonyl (C=O) groups is 3. The van der Waals surface area contributed by atoms with Crippen LogP contribution in [0.1, 0.15) is 52.4 Å². The SMILES string of the molecule is C[C@]12CCC(=O)C=C1NC[C@@H]1[C@H]2CC[C@]2(C)C(C(=O)N(C(=O)O)c3ccccc3)CC[C@@H]12. The lowest BCUT2D eigenvalue weighted by Gasteiger charge is -2.58. The number of piperidine rings is 1. The molecule has 0 spiro atoms. The van der Waals surface area contributed by atoms with Crippen LogP contribution in [-0.4, -0.2) is 29.4 Å². The lowest BCUT2D eigenvalue weighted by atomic mass is 9.50. The quantitative estimate of drug-likeness (QED) is 0.707. The van der Waals surface area contributed by atoms with Crippen molar-refractivity contribution in [2.24, 2.45) is 34.5 Å². The fourth-order valence-corrected chi connectivity index (χ4v) is 7.62. The van der Waals surface area contributed by atoms with Crippen molar-refractivity contribution < 1.29 is 19.5 Å². The van der Waals surface area contributed by atoms with Crippen molar-refractivity contribution in [2.45, 2.75) is 52.4 Å². The molecule has 0 bridgehead atoms. The molecule has 1 aromatic rings. The summed E-state index contributed by atoms with van der Waals surface area (Å²) in [6.07, 6.45) is 5.73. The van der Waals surface area contributed by atoms with Crippen molar-refractivity contribution in [2.75, 3.05) is 11.4 Å². The molecule has 170 valence electrons. The molecule has 1 unspecified atom stereocenters. The van der Waals surface area contributed by atoms with E-state index in [0.717, 1.165) is 49.2 Å². The normalized spacial score (nSPS) is 37.9. The van der Waals surface area contributed by atoms with Crippen molar-refractivity contribution in [1.29, 1.82) is 0 Å². The molecule has 6 atom stereocenters. The summed E-state index contributed by atoms with van der Waals surface area (Å²) < 4.78 is 0. The summed E-state index contributed by atoms with van der Waals surface area (Å²) in [5.41, 5.74) is 1.31. The Morgan fingerprint density at radius 2 is 1.81 bits per heavy atom. The van der Waals surface area contributed by atoms with E-state index in [1.165, 1.54) is 0 Å². The van der Waals surface area contributed by atoms with Gasteiger partial charge in [-0.3, -0.25) is 9.59 Å². The Bertz CT molecular complexity index is 989. The maximum atomic E-state index is 13.6. The van der Waals surface area contributed by atoms with Crippen molar-refractivity contribution in [3.8, 4) is 0 Å². The first kappa shape index (κ1) is 21.2. The van der Waals surface area contributed by atoms with Gasteiger partial charge in [-0.05, 0) is 67.4 Å². The van der Waals surface area contributed by atoms with E-state index in [4.69, 9.17) is 0 Å². The molecule has 0 radical (unpaired) electrons. The number of ketones is 1. The first-order valence-electron chi connectivity index (χ1n) is 11.9. The van der Waals surface area contributed by atoms with E-state index in [-0.39, 0.29) is 28.4 Å². The van der Waals surface area contributed by atoms with Gasteiger partial charge in [-0.15, -0.1) is 0 Å². The zero-order valence-electron chi connectivity index (χ0n) is 18.8. The van der Waals surface area contributed by atoms with Gasteiger partial charge in [0.2, 0.25) is 5.91 Å². The minimum atomic E-state index is -1.21. The molecule has 32 heavy (non-hydrogen) atoms. The molecule has 1 aliphatic heterocycles. The number of imide groups is 1. The number of amides is 2. The average Bonchev–Trinajstić information content (AvgIpc) is 3.12. The van der Waals surface area contributed by atoms with E-state index in [9.17, 15) is 19.5 Å². The second kappa shape index (κ2) is 7.46. The number of carbonyl (C=O) groups excluding carboxylic acids is 2. The Kier molecular flexibility index (Phi) is 4.95. The van der Waals surface area contributed by atoms with Crippen molar-refractivity contribution in [3.63, 3.8) is 0 Å². The molecule has 1 heterocycles. The highest BCUT2D eigenvalue weighted by atomic mass is 16.4. The van der Waals surface area contributed by atoms with E-state index in [0.29, 0.717) is 29.9 Å². The van der Waals surface area contributed by atoms with Gasteiger partial charge in [-0.1, -0.05) is 32.0 Å². The number of hydrogen-bond donors (Lipinski definition) is 2. The van der Waals surface area contributed by atoms with Gasteiger partial charge >= 0.3 is 6.09 Å².